The quantitative estimate of drug-likeness (QED) is 0.903. The Bertz CT molecular complexity index is 645. The van der Waals surface area contributed by atoms with Gasteiger partial charge in [-0.25, -0.2) is 0 Å². The van der Waals surface area contributed by atoms with Crippen molar-refractivity contribution in [3.05, 3.63) is 50.7 Å². The zero-order valence-electron chi connectivity index (χ0n) is 12.8. The normalized spacial score (nSPS) is 19.1. The molecule has 2 atom stereocenters. The molecule has 3 rings (SSSR count). The van der Waals surface area contributed by atoms with Crippen molar-refractivity contribution >= 4 is 11.3 Å². The second-order valence-electron chi connectivity index (χ2n) is 5.94. The molecule has 1 aromatic carbocycles. The SMILES string of the molecule is COc1cc(C)cc(C)c1C(O)C1CCCc2sccc21. The van der Waals surface area contributed by atoms with Gasteiger partial charge in [-0.2, -0.15) is 0 Å². The number of aliphatic hydroxyl groups is 1. The monoisotopic (exact) mass is 302 g/mol. The Morgan fingerprint density at radius 1 is 1.33 bits per heavy atom. The molecule has 2 nitrogen and oxygen atoms in total. The molecule has 2 unspecified atom stereocenters. The van der Waals surface area contributed by atoms with Gasteiger partial charge >= 0.3 is 0 Å². The lowest BCUT2D eigenvalue weighted by Gasteiger charge is -2.29. The van der Waals surface area contributed by atoms with Gasteiger partial charge in [0.15, 0.2) is 0 Å². The van der Waals surface area contributed by atoms with Gasteiger partial charge in [0.25, 0.3) is 0 Å². The van der Waals surface area contributed by atoms with E-state index in [1.54, 1.807) is 7.11 Å². The van der Waals surface area contributed by atoms with Crippen molar-refractivity contribution < 1.29 is 9.84 Å². The standard InChI is InChI=1S/C18H22O2S/c1-11-9-12(2)17(15(10-11)20-3)18(19)14-5-4-6-16-13(14)7-8-21-16/h7-10,14,18-19H,4-6H2,1-3H3. The molecule has 0 bridgehead atoms. The van der Waals surface area contributed by atoms with Crippen molar-refractivity contribution in [3.63, 3.8) is 0 Å². The van der Waals surface area contributed by atoms with E-state index in [4.69, 9.17) is 4.74 Å². The highest BCUT2D eigenvalue weighted by atomic mass is 32.1. The first-order valence-electron chi connectivity index (χ1n) is 7.51. The third-order valence-electron chi connectivity index (χ3n) is 4.49. The molecule has 0 spiro atoms. The predicted molar refractivity (Wildman–Crippen MR) is 87.4 cm³/mol. The number of hydrogen-bond acceptors (Lipinski definition) is 3. The summed E-state index contributed by atoms with van der Waals surface area (Å²) in [6, 6.07) is 6.32. The molecule has 0 radical (unpaired) electrons. The summed E-state index contributed by atoms with van der Waals surface area (Å²) in [4.78, 5) is 1.44. The Morgan fingerprint density at radius 3 is 2.90 bits per heavy atom. The fraction of sp³-hybridized carbons (Fsp3) is 0.444. The molecule has 1 N–H and O–H groups in total. The molecule has 1 aliphatic rings. The van der Waals surface area contributed by atoms with Gasteiger partial charge in [0, 0.05) is 16.4 Å². The van der Waals surface area contributed by atoms with Gasteiger partial charge in [-0.1, -0.05) is 6.07 Å². The van der Waals surface area contributed by atoms with Crippen molar-refractivity contribution in [1.29, 1.82) is 0 Å². The lowest BCUT2D eigenvalue weighted by molar-refractivity contribution is 0.132. The maximum absolute atomic E-state index is 11.0. The van der Waals surface area contributed by atoms with Crippen LogP contribution in [0.25, 0.3) is 0 Å². The van der Waals surface area contributed by atoms with Crippen molar-refractivity contribution in [2.45, 2.75) is 45.1 Å². The number of methoxy groups -OCH3 is 1. The van der Waals surface area contributed by atoms with Crippen molar-refractivity contribution in [1.82, 2.24) is 0 Å². The minimum atomic E-state index is -0.491. The van der Waals surface area contributed by atoms with Crippen LogP contribution in [0, 0.1) is 13.8 Å². The first-order chi connectivity index (χ1) is 10.1. The van der Waals surface area contributed by atoms with Crippen LogP contribution in [-0.4, -0.2) is 12.2 Å². The molecule has 0 saturated heterocycles. The summed E-state index contributed by atoms with van der Waals surface area (Å²) < 4.78 is 5.53. The topological polar surface area (TPSA) is 29.5 Å². The lowest BCUT2D eigenvalue weighted by Crippen LogP contribution is -2.17. The molecule has 1 aliphatic carbocycles. The Labute approximate surface area is 130 Å². The number of aliphatic hydroxyl groups excluding tert-OH is 1. The molecule has 0 amide bonds. The van der Waals surface area contributed by atoms with Gasteiger partial charge in [0.2, 0.25) is 0 Å². The maximum Gasteiger partial charge on any atom is 0.125 e. The van der Waals surface area contributed by atoms with Crippen LogP contribution in [0.3, 0.4) is 0 Å². The zero-order valence-corrected chi connectivity index (χ0v) is 13.7. The van der Waals surface area contributed by atoms with E-state index in [1.165, 1.54) is 16.0 Å². The van der Waals surface area contributed by atoms with Crippen LogP contribution in [0.1, 0.15) is 52.0 Å². The second kappa shape index (κ2) is 5.82. The summed E-state index contributed by atoms with van der Waals surface area (Å²) in [6.07, 6.45) is 2.86. The number of thiophene rings is 1. The Morgan fingerprint density at radius 2 is 2.14 bits per heavy atom. The average molecular weight is 302 g/mol. The Hall–Kier alpha value is -1.32. The first kappa shape index (κ1) is 14.6. The highest BCUT2D eigenvalue weighted by Crippen LogP contribution is 2.45. The number of ether oxygens (including phenoxy) is 1. The molecule has 2 aromatic rings. The van der Waals surface area contributed by atoms with E-state index in [0.29, 0.717) is 0 Å². The van der Waals surface area contributed by atoms with Crippen LogP contribution in [0.5, 0.6) is 5.75 Å². The van der Waals surface area contributed by atoms with Crippen molar-refractivity contribution in [2.24, 2.45) is 0 Å². The summed E-state index contributed by atoms with van der Waals surface area (Å²) in [5.74, 6) is 0.998. The third kappa shape index (κ3) is 2.60. The number of aryl methyl sites for hydroxylation is 3. The smallest absolute Gasteiger partial charge is 0.125 e. The zero-order chi connectivity index (χ0) is 15.0. The number of rotatable bonds is 3. The van der Waals surface area contributed by atoms with Crippen LogP contribution in [-0.2, 0) is 6.42 Å². The van der Waals surface area contributed by atoms with Gasteiger partial charge in [0.05, 0.1) is 13.2 Å². The molecular formula is C18H22O2S. The van der Waals surface area contributed by atoms with Crippen LogP contribution in [0.4, 0.5) is 0 Å². The lowest BCUT2D eigenvalue weighted by atomic mass is 9.80. The van der Waals surface area contributed by atoms with E-state index in [-0.39, 0.29) is 5.92 Å². The van der Waals surface area contributed by atoms with Crippen LogP contribution in [0.2, 0.25) is 0 Å². The van der Waals surface area contributed by atoms with Crippen LogP contribution < -0.4 is 4.74 Å². The van der Waals surface area contributed by atoms with Crippen LogP contribution >= 0.6 is 11.3 Å². The predicted octanol–water partition coefficient (Wildman–Crippen LogP) is 4.53. The molecule has 1 heterocycles. The summed E-state index contributed by atoms with van der Waals surface area (Å²) in [7, 11) is 1.68. The minimum Gasteiger partial charge on any atom is -0.496 e. The molecular weight excluding hydrogens is 280 g/mol. The summed E-state index contributed by atoms with van der Waals surface area (Å²) in [5.41, 5.74) is 4.56. The summed E-state index contributed by atoms with van der Waals surface area (Å²) in [5, 5.41) is 13.2. The largest absolute Gasteiger partial charge is 0.496 e. The van der Waals surface area contributed by atoms with E-state index in [2.05, 4.69) is 31.4 Å². The molecule has 112 valence electrons. The van der Waals surface area contributed by atoms with Gasteiger partial charge in [-0.05, 0) is 67.3 Å². The Kier molecular flexibility index (Phi) is 4.05. The van der Waals surface area contributed by atoms with E-state index < -0.39 is 6.10 Å². The van der Waals surface area contributed by atoms with Gasteiger partial charge in [-0.15, -0.1) is 11.3 Å². The van der Waals surface area contributed by atoms with Gasteiger partial charge in [-0.3, -0.25) is 0 Å². The third-order valence-corrected chi connectivity index (χ3v) is 5.48. The van der Waals surface area contributed by atoms with Gasteiger partial charge in [0.1, 0.15) is 5.75 Å². The van der Waals surface area contributed by atoms with E-state index >= 15 is 0 Å². The molecule has 21 heavy (non-hydrogen) atoms. The average Bonchev–Trinajstić information content (AvgIpc) is 2.94. The number of hydrogen-bond donors (Lipinski definition) is 1. The second-order valence-corrected chi connectivity index (χ2v) is 6.94. The first-order valence-corrected chi connectivity index (χ1v) is 8.39. The van der Waals surface area contributed by atoms with Crippen molar-refractivity contribution in [3.8, 4) is 5.75 Å². The van der Waals surface area contributed by atoms with E-state index in [1.807, 2.05) is 17.4 Å². The fourth-order valence-corrected chi connectivity index (χ4v) is 4.54. The summed E-state index contributed by atoms with van der Waals surface area (Å²) in [6.45, 7) is 4.12. The molecule has 0 aliphatic heterocycles. The van der Waals surface area contributed by atoms with E-state index in [0.717, 1.165) is 36.1 Å². The number of fused-ring (bicyclic) bond motifs is 1. The molecule has 1 aromatic heterocycles. The van der Waals surface area contributed by atoms with Crippen molar-refractivity contribution in [2.75, 3.05) is 7.11 Å². The summed E-state index contributed by atoms with van der Waals surface area (Å²) >= 11 is 1.82. The minimum absolute atomic E-state index is 0.190. The number of benzene rings is 1. The highest BCUT2D eigenvalue weighted by Gasteiger charge is 2.31. The highest BCUT2D eigenvalue weighted by molar-refractivity contribution is 7.10. The molecule has 3 heteroatoms. The fourth-order valence-electron chi connectivity index (χ4n) is 3.54. The van der Waals surface area contributed by atoms with Crippen LogP contribution in [0.15, 0.2) is 23.6 Å². The Balaban J connectivity index is 2.03. The van der Waals surface area contributed by atoms with E-state index in [9.17, 15) is 5.11 Å². The molecule has 0 fully saturated rings. The molecule has 0 saturated carbocycles. The van der Waals surface area contributed by atoms with Gasteiger partial charge < -0.3 is 9.84 Å². The maximum atomic E-state index is 11.0.